The predicted molar refractivity (Wildman–Crippen MR) is 148 cm³/mol. The molecule has 4 rings (SSSR count). The number of anilines is 2. The van der Waals surface area contributed by atoms with Gasteiger partial charge in [0, 0.05) is 57.6 Å². The normalized spacial score (nSPS) is 15.1. The summed E-state index contributed by atoms with van der Waals surface area (Å²) in [6, 6.07) is 20.9. The van der Waals surface area contributed by atoms with Crippen LogP contribution in [0.15, 0.2) is 66.7 Å². The molecular formula is C29H29ClFN5O2. The van der Waals surface area contributed by atoms with E-state index in [0.717, 1.165) is 30.6 Å². The van der Waals surface area contributed by atoms with Crippen molar-refractivity contribution in [2.45, 2.75) is 19.4 Å². The van der Waals surface area contributed by atoms with Gasteiger partial charge in [-0.05, 0) is 60.0 Å². The number of nitrogens with one attached hydrogen (secondary N) is 1. The number of likely N-dealkylation sites (tertiary alicyclic amines) is 1. The maximum Gasteiger partial charge on any atom is 0.326 e. The van der Waals surface area contributed by atoms with E-state index in [0.29, 0.717) is 30.0 Å². The van der Waals surface area contributed by atoms with Gasteiger partial charge in [-0.3, -0.25) is 14.6 Å². The average molecular weight is 534 g/mol. The molecule has 0 unspecified atom stereocenters. The molecule has 0 spiro atoms. The highest BCUT2D eigenvalue weighted by molar-refractivity contribution is 6.31. The second-order valence-electron chi connectivity index (χ2n) is 9.32. The number of carbonyl (C=O) groups is 2. The maximum absolute atomic E-state index is 13.6. The van der Waals surface area contributed by atoms with E-state index in [1.165, 1.54) is 18.2 Å². The molecule has 196 valence electrons. The van der Waals surface area contributed by atoms with Crippen LogP contribution in [-0.2, 0) is 4.79 Å². The number of urea groups is 1. The fourth-order valence-electron chi connectivity index (χ4n) is 4.54. The summed E-state index contributed by atoms with van der Waals surface area (Å²) >= 11 is 5.91. The third-order valence-corrected chi connectivity index (χ3v) is 7.14. The summed E-state index contributed by atoms with van der Waals surface area (Å²) < 4.78 is 13.6. The zero-order valence-electron chi connectivity index (χ0n) is 21.3. The lowest BCUT2D eigenvalue weighted by atomic mass is 10.0. The van der Waals surface area contributed by atoms with Gasteiger partial charge in [-0.15, -0.1) is 0 Å². The van der Waals surface area contributed by atoms with Gasteiger partial charge in [0.15, 0.2) is 0 Å². The summed E-state index contributed by atoms with van der Waals surface area (Å²) in [5, 5.41) is 12.0. The minimum atomic E-state index is -0.559. The van der Waals surface area contributed by atoms with Crippen LogP contribution in [0.5, 0.6) is 0 Å². The monoisotopic (exact) mass is 533 g/mol. The number of nitrogens with zero attached hydrogens (tertiary/aromatic N) is 4. The number of hydrogen-bond acceptors (Lipinski definition) is 4. The lowest BCUT2D eigenvalue weighted by Gasteiger charge is -2.27. The maximum atomic E-state index is 13.6. The third kappa shape index (κ3) is 6.49. The van der Waals surface area contributed by atoms with Crippen LogP contribution in [0, 0.1) is 17.1 Å². The van der Waals surface area contributed by atoms with Gasteiger partial charge >= 0.3 is 6.03 Å². The lowest BCUT2D eigenvalue weighted by molar-refractivity contribution is -0.129. The summed E-state index contributed by atoms with van der Waals surface area (Å²) in [4.78, 5) is 30.8. The fraction of sp³-hybridized carbons (Fsp3) is 0.276. The molecule has 3 aromatic carbocycles. The van der Waals surface area contributed by atoms with Crippen molar-refractivity contribution in [1.82, 2.24) is 9.80 Å². The van der Waals surface area contributed by atoms with Crippen molar-refractivity contribution in [2.24, 2.45) is 0 Å². The molecule has 0 aliphatic carbocycles. The molecule has 1 aliphatic rings. The first-order chi connectivity index (χ1) is 18.2. The molecule has 1 aliphatic heterocycles. The molecule has 0 saturated carbocycles. The molecule has 0 bridgehead atoms. The van der Waals surface area contributed by atoms with Crippen LogP contribution in [0.1, 0.15) is 18.9 Å². The molecule has 1 saturated heterocycles. The van der Waals surface area contributed by atoms with E-state index in [1.807, 2.05) is 49.5 Å². The Balaban J connectivity index is 1.53. The molecule has 3 aromatic rings. The molecule has 1 heterocycles. The van der Waals surface area contributed by atoms with Gasteiger partial charge in [0.05, 0.1) is 16.7 Å². The van der Waals surface area contributed by atoms with Crippen molar-refractivity contribution in [3.63, 3.8) is 0 Å². The number of rotatable bonds is 7. The quantitative estimate of drug-likeness (QED) is 0.428. The van der Waals surface area contributed by atoms with Crippen molar-refractivity contribution in [1.29, 1.82) is 5.26 Å². The largest absolute Gasteiger partial charge is 0.342 e. The molecule has 1 N–H and O–H groups in total. The topological polar surface area (TPSA) is 79.7 Å². The Morgan fingerprint density at radius 1 is 1.13 bits per heavy atom. The number of likely N-dealkylation sites (N-methyl/N-ethyl adjacent to an activating group) is 1. The molecule has 0 aromatic heterocycles. The number of hydrogen-bond donors (Lipinski definition) is 1. The van der Waals surface area contributed by atoms with E-state index in [4.69, 9.17) is 11.6 Å². The molecule has 1 atom stereocenters. The Bertz CT molecular complexity index is 1360. The SMILES string of the molecule is CC(=O)N(C)[C@@H]1CCN(CCN(C(=O)Nc2ccc(F)c(Cl)c2)c2ccc(-c3cccc(C#N)c3)cc2)C1. The smallest absolute Gasteiger partial charge is 0.326 e. The third-order valence-electron chi connectivity index (χ3n) is 6.85. The van der Waals surface area contributed by atoms with Crippen molar-refractivity contribution < 1.29 is 14.0 Å². The molecule has 7 nitrogen and oxygen atoms in total. The van der Waals surface area contributed by atoms with Crippen LogP contribution in [0.3, 0.4) is 0 Å². The summed E-state index contributed by atoms with van der Waals surface area (Å²) in [6.45, 7) is 4.16. The predicted octanol–water partition coefficient (Wildman–Crippen LogP) is 5.61. The van der Waals surface area contributed by atoms with Crippen molar-refractivity contribution in [2.75, 3.05) is 43.4 Å². The van der Waals surface area contributed by atoms with E-state index in [1.54, 1.807) is 22.8 Å². The van der Waals surface area contributed by atoms with E-state index in [2.05, 4.69) is 16.3 Å². The number of halogens is 2. The number of nitriles is 1. The second-order valence-corrected chi connectivity index (χ2v) is 9.73. The number of benzene rings is 3. The lowest BCUT2D eigenvalue weighted by Crippen LogP contribution is -2.42. The van der Waals surface area contributed by atoms with Crippen LogP contribution in [0.25, 0.3) is 11.1 Å². The highest BCUT2D eigenvalue weighted by Gasteiger charge is 2.28. The van der Waals surface area contributed by atoms with Crippen molar-refractivity contribution in [3.05, 3.63) is 83.1 Å². The van der Waals surface area contributed by atoms with Crippen molar-refractivity contribution in [3.8, 4) is 17.2 Å². The Labute approximate surface area is 227 Å². The summed E-state index contributed by atoms with van der Waals surface area (Å²) in [6.07, 6.45) is 0.882. The van der Waals surface area contributed by atoms with Crippen LogP contribution in [-0.4, -0.2) is 61.0 Å². The van der Waals surface area contributed by atoms with Gasteiger partial charge in [0.1, 0.15) is 5.82 Å². The second kappa shape index (κ2) is 12.1. The molecular weight excluding hydrogens is 505 g/mol. The van der Waals surface area contributed by atoms with E-state index in [9.17, 15) is 19.2 Å². The van der Waals surface area contributed by atoms with Crippen LogP contribution in [0.4, 0.5) is 20.6 Å². The molecule has 1 fully saturated rings. The van der Waals surface area contributed by atoms with Crippen LogP contribution < -0.4 is 10.2 Å². The van der Waals surface area contributed by atoms with Gasteiger partial charge in [-0.25, -0.2) is 9.18 Å². The highest BCUT2D eigenvalue weighted by Crippen LogP contribution is 2.26. The zero-order valence-corrected chi connectivity index (χ0v) is 22.1. The summed E-state index contributed by atoms with van der Waals surface area (Å²) in [5.41, 5.74) is 3.48. The fourth-order valence-corrected chi connectivity index (χ4v) is 4.73. The summed E-state index contributed by atoms with van der Waals surface area (Å²) in [5.74, 6) is -0.520. The Kier molecular flexibility index (Phi) is 8.62. The first-order valence-corrected chi connectivity index (χ1v) is 12.7. The minimum Gasteiger partial charge on any atom is -0.342 e. The van der Waals surface area contributed by atoms with Gasteiger partial charge in [0.25, 0.3) is 0 Å². The average Bonchev–Trinajstić information content (AvgIpc) is 3.39. The Hall–Kier alpha value is -3.93. The van der Waals surface area contributed by atoms with Crippen LogP contribution in [0.2, 0.25) is 5.02 Å². The number of carbonyl (C=O) groups excluding carboxylic acids is 2. The van der Waals surface area contributed by atoms with Gasteiger partial charge in [-0.2, -0.15) is 5.26 Å². The van der Waals surface area contributed by atoms with E-state index >= 15 is 0 Å². The Morgan fingerprint density at radius 2 is 1.89 bits per heavy atom. The van der Waals surface area contributed by atoms with Crippen molar-refractivity contribution >= 4 is 34.9 Å². The molecule has 9 heteroatoms. The Morgan fingerprint density at radius 3 is 2.58 bits per heavy atom. The highest BCUT2D eigenvalue weighted by atomic mass is 35.5. The first-order valence-electron chi connectivity index (χ1n) is 12.3. The summed E-state index contributed by atoms with van der Waals surface area (Å²) in [7, 11) is 1.82. The molecule has 0 radical (unpaired) electrons. The van der Waals surface area contributed by atoms with E-state index < -0.39 is 5.82 Å². The molecule has 38 heavy (non-hydrogen) atoms. The standard InChI is InChI=1S/C29H29ClFN5O2/c1-20(37)34(2)26-12-13-35(19-26)14-15-36(29(38)33-24-8-11-28(31)27(30)17-24)25-9-6-22(7-10-25)23-5-3-4-21(16-23)18-32/h3-11,16-17,26H,12-15,19H2,1-2H3,(H,33,38)/t26-/m1/s1. The minimum absolute atomic E-state index is 0.0382. The van der Waals surface area contributed by atoms with Gasteiger partial charge < -0.3 is 10.2 Å². The van der Waals surface area contributed by atoms with E-state index in [-0.39, 0.29) is 23.0 Å². The van der Waals surface area contributed by atoms with Crippen LogP contribution >= 0.6 is 11.6 Å². The first kappa shape index (κ1) is 27.1. The van der Waals surface area contributed by atoms with Gasteiger partial charge in [-0.1, -0.05) is 35.9 Å². The molecule has 3 amide bonds. The van der Waals surface area contributed by atoms with Gasteiger partial charge in [0.2, 0.25) is 5.91 Å². The number of amides is 3. The zero-order chi connectivity index (χ0) is 27.2.